The molecule has 1 fully saturated rings. The lowest BCUT2D eigenvalue weighted by atomic mass is 9.96. The number of aromatic hydroxyl groups is 1. The smallest absolute Gasteiger partial charge is 0.254 e. The standard InChI is InChI=1S/C31H43N3O6S/c1-18(2)40-21-14-12-20(13-15-21)16-23(32-27(37)22-10-9-11-24(35)19(22)3)25(36)29(39)34-17-41-31(7,8)26(34)28(38)33-30(4,5)6/h9-15,18,23,25-26,35-36H,16-17H2,1-8H3,(H,32,37)(H,33,38)/t23-,25-,26?/m0/s1. The summed E-state index contributed by atoms with van der Waals surface area (Å²) < 4.78 is 5.13. The molecule has 1 saturated heterocycles. The van der Waals surface area contributed by atoms with E-state index in [1.54, 1.807) is 31.2 Å². The third-order valence-electron chi connectivity index (χ3n) is 6.83. The number of nitrogens with one attached hydrogen (secondary N) is 2. The summed E-state index contributed by atoms with van der Waals surface area (Å²) in [5.41, 5.74) is 0.880. The molecule has 3 amide bonds. The molecule has 1 unspecified atom stereocenters. The van der Waals surface area contributed by atoms with Crippen LogP contribution in [0, 0.1) is 6.92 Å². The number of hydrogen-bond donors (Lipinski definition) is 4. The minimum absolute atomic E-state index is 0.00358. The molecule has 0 spiro atoms. The quantitative estimate of drug-likeness (QED) is 0.353. The number of phenols is 1. The number of hydrogen-bond acceptors (Lipinski definition) is 7. The number of benzene rings is 2. The molecular weight excluding hydrogens is 542 g/mol. The number of nitrogens with zero attached hydrogens (tertiary/aromatic N) is 1. The number of rotatable bonds is 9. The highest BCUT2D eigenvalue weighted by atomic mass is 32.2. The van der Waals surface area contributed by atoms with Crippen molar-refractivity contribution < 1.29 is 29.3 Å². The molecular formula is C31H43N3O6S. The summed E-state index contributed by atoms with van der Waals surface area (Å²) in [6.45, 7) is 14.9. The summed E-state index contributed by atoms with van der Waals surface area (Å²) in [6, 6.07) is 10.0. The highest BCUT2D eigenvalue weighted by Crippen LogP contribution is 2.40. The summed E-state index contributed by atoms with van der Waals surface area (Å²) in [6.07, 6.45) is -1.49. The SMILES string of the molecule is Cc1c(O)cccc1C(=O)N[C@@H](Cc1ccc(OC(C)C)cc1)[C@H](O)C(=O)N1CSC(C)(C)C1C(=O)NC(C)(C)C. The Morgan fingerprint density at radius 2 is 1.76 bits per heavy atom. The molecule has 0 bridgehead atoms. The Morgan fingerprint density at radius 3 is 2.34 bits per heavy atom. The lowest BCUT2D eigenvalue weighted by Gasteiger charge is -2.35. The molecule has 3 rings (SSSR count). The molecule has 2 aromatic rings. The van der Waals surface area contributed by atoms with Gasteiger partial charge in [-0.1, -0.05) is 18.2 Å². The number of phenolic OH excluding ortho intramolecular Hbond substituents is 1. The van der Waals surface area contributed by atoms with Gasteiger partial charge in [-0.15, -0.1) is 11.8 Å². The molecule has 41 heavy (non-hydrogen) atoms. The average molecular weight is 586 g/mol. The van der Waals surface area contributed by atoms with Crippen molar-refractivity contribution in [3.8, 4) is 11.5 Å². The van der Waals surface area contributed by atoms with Crippen molar-refractivity contribution in [3.05, 3.63) is 59.2 Å². The molecule has 2 aromatic carbocycles. The highest BCUT2D eigenvalue weighted by Gasteiger charge is 2.50. The first kappa shape index (κ1) is 32.3. The number of carbonyl (C=O) groups excluding carboxylic acids is 3. The van der Waals surface area contributed by atoms with E-state index in [0.717, 1.165) is 5.56 Å². The fraction of sp³-hybridized carbons (Fsp3) is 0.516. The minimum Gasteiger partial charge on any atom is -0.508 e. The molecule has 1 heterocycles. The maximum Gasteiger partial charge on any atom is 0.254 e. The number of ether oxygens (including phenoxy) is 1. The van der Waals surface area contributed by atoms with E-state index < -0.39 is 40.3 Å². The molecule has 4 N–H and O–H groups in total. The summed E-state index contributed by atoms with van der Waals surface area (Å²) >= 11 is 1.46. The van der Waals surface area contributed by atoms with E-state index in [1.165, 1.54) is 22.7 Å². The van der Waals surface area contributed by atoms with Crippen molar-refractivity contribution in [1.29, 1.82) is 0 Å². The molecule has 224 valence electrons. The Hall–Kier alpha value is -3.24. The van der Waals surface area contributed by atoms with E-state index >= 15 is 0 Å². The largest absolute Gasteiger partial charge is 0.508 e. The van der Waals surface area contributed by atoms with E-state index in [-0.39, 0.29) is 35.6 Å². The van der Waals surface area contributed by atoms with Crippen molar-refractivity contribution in [1.82, 2.24) is 15.5 Å². The van der Waals surface area contributed by atoms with Gasteiger partial charge in [0.05, 0.1) is 18.0 Å². The molecule has 0 saturated carbocycles. The zero-order valence-electron chi connectivity index (χ0n) is 25.1. The Labute approximate surface area is 247 Å². The van der Waals surface area contributed by atoms with Gasteiger partial charge in [-0.2, -0.15) is 0 Å². The van der Waals surface area contributed by atoms with E-state index in [2.05, 4.69) is 10.6 Å². The molecule has 1 aliphatic rings. The Morgan fingerprint density at radius 1 is 1.12 bits per heavy atom. The van der Waals surface area contributed by atoms with Gasteiger partial charge in [-0.05, 0) is 91.6 Å². The molecule has 1 aliphatic heterocycles. The number of carbonyl (C=O) groups is 3. The summed E-state index contributed by atoms with van der Waals surface area (Å²) in [4.78, 5) is 41.9. The predicted molar refractivity (Wildman–Crippen MR) is 161 cm³/mol. The van der Waals surface area contributed by atoms with Gasteiger partial charge in [-0.3, -0.25) is 14.4 Å². The van der Waals surface area contributed by atoms with Crippen molar-refractivity contribution in [2.45, 2.75) is 96.4 Å². The van der Waals surface area contributed by atoms with Gasteiger partial charge in [0, 0.05) is 21.4 Å². The van der Waals surface area contributed by atoms with E-state index in [0.29, 0.717) is 11.3 Å². The monoisotopic (exact) mass is 585 g/mol. The van der Waals surface area contributed by atoms with Gasteiger partial charge in [-0.25, -0.2) is 0 Å². The lowest BCUT2D eigenvalue weighted by molar-refractivity contribution is -0.147. The predicted octanol–water partition coefficient (Wildman–Crippen LogP) is 3.78. The fourth-order valence-electron chi connectivity index (χ4n) is 4.78. The van der Waals surface area contributed by atoms with Crippen LogP contribution < -0.4 is 15.4 Å². The first-order valence-electron chi connectivity index (χ1n) is 13.8. The van der Waals surface area contributed by atoms with Gasteiger partial charge >= 0.3 is 0 Å². The summed E-state index contributed by atoms with van der Waals surface area (Å²) in [5.74, 6) is -0.609. The van der Waals surface area contributed by atoms with E-state index in [4.69, 9.17) is 4.74 Å². The first-order valence-corrected chi connectivity index (χ1v) is 14.8. The van der Waals surface area contributed by atoms with E-state index in [1.807, 2.05) is 60.6 Å². The van der Waals surface area contributed by atoms with Crippen LogP contribution in [0.4, 0.5) is 0 Å². The van der Waals surface area contributed by atoms with Crippen molar-refractivity contribution in [2.75, 3.05) is 5.88 Å². The fourth-order valence-corrected chi connectivity index (χ4v) is 5.92. The van der Waals surface area contributed by atoms with Crippen LogP contribution in [0.1, 0.15) is 70.0 Å². The van der Waals surface area contributed by atoms with Gasteiger partial charge in [0.25, 0.3) is 11.8 Å². The van der Waals surface area contributed by atoms with Gasteiger partial charge in [0.1, 0.15) is 17.5 Å². The first-order chi connectivity index (χ1) is 19.0. The zero-order valence-corrected chi connectivity index (χ0v) is 26.0. The number of amides is 3. The third-order valence-corrected chi connectivity index (χ3v) is 8.20. The van der Waals surface area contributed by atoms with Crippen LogP contribution in [-0.2, 0) is 16.0 Å². The van der Waals surface area contributed by atoms with Crippen LogP contribution in [-0.4, -0.2) is 73.3 Å². The highest BCUT2D eigenvalue weighted by molar-refractivity contribution is 8.00. The maximum absolute atomic E-state index is 13.8. The molecule has 0 radical (unpaired) electrons. The molecule has 10 heteroatoms. The average Bonchev–Trinajstić information content (AvgIpc) is 3.19. The normalized spacial score (nSPS) is 18.1. The Balaban J connectivity index is 1.91. The number of aliphatic hydroxyl groups excluding tert-OH is 1. The van der Waals surface area contributed by atoms with Crippen LogP contribution in [0.3, 0.4) is 0 Å². The second-order valence-corrected chi connectivity index (χ2v) is 13.9. The van der Waals surface area contributed by atoms with Crippen LogP contribution in [0.2, 0.25) is 0 Å². The lowest BCUT2D eigenvalue weighted by Crippen LogP contribution is -2.60. The van der Waals surface area contributed by atoms with Crippen LogP contribution >= 0.6 is 11.8 Å². The molecule has 0 aliphatic carbocycles. The third kappa shape index (κ3) is 8.16. The van der Waals surface area contributed by atoms with Crippen LogP contribution in [0.5, 0.6) is 11.5 Å². The zero-order chi connectivity index (χ0) is 30.7. The number of thioether (sulfide) groups is 1. The molecule has 9 nitrogen and oxygen atoms in total. The molecule has 3 atom stereocenters. The Kier molecular flexibility index (Phi) is 10.0. The number of aliphatic hydroxyl groups is 1. The van der Waals surface area contributed by atoms with Gasteiger partial charge in [0.2, 0.25) is 5.91 Å². The topological polar surface area (TPSA) is 128 Å². The van der Waals surface area contributed by atoms with Gasteiger partial charge < -0.3 is 30.5 Å². The van der Waals surface area contributed by atoms with E-state index in [9.17, 15) is 24.6 Å². The second kappa shape index (κ2) is 12.7. The summed E-state index contributed by atoms with van der Waals surface area (Å²) in [7, 11) is 0. The minimum atomic E-state index is -1.64. The summed E-state index contributed by atoms with van der Waals surface area (Å²) in [5, 5.41) is 27.4. The van der Waals surface area contributed by atoms with Crippen molar-refractivity contribution >= 4 is 29.5 Å². The van der Waals surface area contributed by atoms with Crippen molar-refractivity contribution in [3.63, 3.8) is 0 Å². The second-order valence-electron chi connectivity index (χ2n) is 12.3. The van der Waals surface area contributed by atoms with Crippen molar-refractivity contribution in [2.24, 2.45) is 0 Å². The van der Waals surface area contributed by atoms with Crippen LogP contribution in [0.25, 0.3) is 0 Å². The molecule has 0 aromatic heterocycles. The van der Waals surface area contributed by atoms with Crippen LogP contribution in [0.15, 0.2) is 42.5 Å². The maximum atomic E-state index is 13.8. The Bertz CT molecular complexity index is 1260. The van der Waals surface area contributed by atoms with Gasteiger partial charge in [0.15, 0.2) is 6.10 Å².